The van der Waals surface area contributed by atoms with Gasteiger partial charge in [0, 0.05) is 49.4 Å². The molecule has 0 atom stereocenters. The van der Waals surface area contributed by atoms with Crippen LogP contribution in [0.3, 0.4) is 0 Å². The fourth-order valence-electron chi connectivity index (χ4n) is 4.53. The standard InChI is InChI=1S/C24H25ClF3N5O/c1-15-22-19(24(26,27)28)12-20(17-4-5-17)29-23(22)33(30-15)14-21(34)32-10-8-31(9-11-32)13-16-2-6-18(25)7-3-16/h2-3,6-7,12,17H,4-5,8-11,13-14H2,1H3. The lowest BCUT2D eigenvalue weighted by Gasteiger charge is -2.34. The average molecular weight is 492 g/mol. The molecule has 3 heterocycles. The molecular weight excluding hydrogens is 467 g/mol. The quantitative estimate of drug-likeness (QED) is 0.522. The molecule has 1 amide bonds. The highest BCUT2D eigenvalue weighted by Gasteiger charge is 2.38. The van der Waals surface area contributed by atoms with E-state index in [4.69, 9.17) is 11.6 Å². The number of piperazine rings is 1. The van der Waals surface area contributed by atoms with E-state index in [0.717, 1.165) is 44.1 Å². The fraction of sp³-hybridized carbons (Fsp3) is 0.458. The molecule has 6 nitrogen and oxygen atoms in total. The zero-order chi connectivity index (χ0) is 24.0. The summed E-state index contributed by atoms with van der Waals surface area (Å²) in [5, 5.41) is 4.96. The second-order valence-corrected chi connectivity index (χ2v) is 9.53. The van der Waals surface area contributed by atoms with Crippen LogP contribution in [0.4, 0.5) is 13.2 Å². The minimum Gasteiger partial charge on any atom is -0.339 e. The second-order valence-electron chi connectivity index (χ2n) is 9.09. The third kappa shape index (κ3) is 4.77. The molecule has 1 aliphatic carbocycles. The van der Waals surface area contributed by atoms with Gasteiger partial charge in [-0.1, -0.05) is 23.7 Å². The monoisotopic (exact) mass is 491 g/mol. The molecule has 2 aromatic heterocycles. The third-order valence-corrected chi connectivity index (χ3v) is 6.78. The third-order valence-electron chi connectivity index (χ3n) is 6.53. The second kappa shape index (κ2) is 8.85. The molecule has 0 radical (unpaired) electrons. The summed E-state index contributed by atoms with van der Waals surface area (Å²) < 4.78 is 42.7. The number of fused-ring (bicyclic) bond motifs is 1. The van der Waals surface area contributed by atoms with Gasteiger partial charge in [-0.25, -0.2) is 9.67 Å². The summed E-state index contributed by atoms with van der Waals surface area (Å²) >= 11 is 5.95. The van der Waals surface area contributed by atoms with E-state index >= 15 is 0 Å². The van der Waals surface area contributed by atoms with Crippen LogP contribution in [-0.4, -0.2) is 56.7 Å². The topological polar surface area (TPSA) is 54.3 Å². The number of carbonyl (C=O) groups is 1. The van der Waals surface area contributed by atoms with Crippen LogP contribution in [0.5, 0.6) is 0 Å². The van der Waals surface area contributed by atoms with E-state index in [9.17, 15) is 18.0 Å². The molecule has 2 fully saturated rings. The van der Waals surface area contributed by atoms with Gasteiger partial charge >= 0.3 is 6.18 Å². The van der Waals surface area contributed by atoms with E-state index < -0.39 is 11.7 Å². The van der Waals surface area contributed by atoms with Crippen molar-refractivity contribution < 1.29 is 18.0 Å². The van der Waals surface area contributed by atoms with Crippen LogP contribution < -0.4 is 0 Å². The summed E-state index contributed by atoms with van der Waals surface area (Å²) in [6.45, 7) is 4.73. The number of hydrogen-bond donors (Lipinski definition) is 0. The maximum absolute atomic E-state index is 13.8. The van der Waals surface area contributed by atoms with Crippen LogP contribution in [0.25, 0.3) is 11.0 Å². The van der Waals surface area contributed by atoms with E-state index in [1.165, 1.54) is 11.6 Å². The van der Waals surface area contributed by atoms with Gasteiger partial charge in [-0.2, -0.15) is 18.3 Å². The summed E-state index contributed by atoms with van der Waals surface area (Å²) in [6, 6.07) is 8.85. The fourth-order valence-corrected chi connectivity index (χ4v) is 4.65. The Labute approximate surface area is 200 Å². The number of rotatable bonds is 5. The summed E-state index contributed by atoms with van der Waals surface area (Å²) in [7, 11) is 0. The van der Waals surface area contributed by atoms with Gasteiger partial charge in [0.1, 0.15) is 6.54 Å². The van der Waals surface area contributed by atoms with E-state index in [1.54, 1.807) is 4.90 Å². The van der Waals surface area contributed by atoms with Crippen molar-refractivity contribution in [3.05, 3.63) is 57.9 Å². The van der Waals surface area contributed by atoms with Crippen LogP contribution in [-0.2, 0) is 24.1 Å². The van der Waals surface area contributed by atoms with Gasteiger partial charge < -0.3 is 4.90 Å². The Morgan fingerprint density at radius 3 is 2.41 bits per heavy atom. The van der Waals surface area contributed by atoms with E-state index in [0.29, 0.717) is 23.8 Å². The Kier molecular flexibility index (Phi) is 6.02. The summed E-state index contributed by atoms with van der Waals surface area (Å²) in [4.78, 5) is 21.5. The number of nitrogens with zero attached hydrogens (tertiary/aromatic N) is 5. The zero-order valence-electron chi connectivity index (χ0n) is 18.8. The predicted octanol–water partition coefficient (Wildman–Crippen LogP) is 4.63. The van der Waals surface area contributed by atoms with Crippen LogP contribution in [0.1, 0.15) is 41.3 Å². The van der Waals surface area contributed by atoms with Gasteiger partial charge in [0.15, 0.2) is 5.65 Å². The lowest BCUT2D eigenvalue weighted by atomic mass is 10.1. The van der Waals surface area contributed by atoms with Crippen molar-refractivity contribution in [1.82, 2.24) is 24.6 Å². The van der Waals surface area contributed by atoms with Crippen molar-refractivity contribution >= 4 is 28.5 Å². The van der Waals surface area contributed by atoms with Gasteiger partial charge in [0.25, 0.3) is 0 Å². The van der Waals surface area contributed by atoms with Crippen molar-refractivity contribution in [1.29, 1.82) is 0 Å². The van der Waals surface area contributed by atoms with E-state index in [-0.39, 0.29) is 35.1 Å². The molecule has 0 N–H and O–H groups in total. The van der Waals surface area contributed by atoms with Crippen molar-refractivity contribution in [2.45, 2.75) is 44.9 Å². The zero-order valence-corrected chi connectivity index (χ0v) is 19.5. The number of carbonyl (C=O) groups excluding carboxylic acids is 1. The first kappa shape index (κ1) is 23.1. The van der Waals surface area contributed by atoms with Gasteiger partial charge in [-0.05, 0) is 43.5 Å². The number of hydrogen-bond acceptors (Lipinski definition) is 4. The molecule has 0 spiro atoms. The molecule has 1 aliphatic heterocycles. The van der Waals surface area contributed by atoms with Gasteiger partial charge in [0.2, 0.25) is 5.91 Å². The Hall–Kier alpha value is -2.65. The first-order valence-corrected chi connectivity index (χ1v) is 11.8. The van der Waals surface area contributed by atoms with E-state index in [2.05, 4.69) is 15.0 Å². The van der Waals surface area contributed by atoms with Crippen molar-refractivity contribution in [2.75, 3.05) is 26.2 Å². The largest absolute Gasteiger partial charge is 0.417 e. The van der Waals surface area contributed by atoms with Crippen molar-refractivity contribution in [3.63, 3.8) is 0 Å². The van der Waals surface area contributed by atoms with E-state index in [1.807, 2.05) is 24.3 Å². The lowest BCUT2D eigenvalue weighted by Crippen LogP contribution is -2.49. The van der Waals surface area contributed by atoms with Gasteiger partial charge in [-0.3, -0.25) is 9.69 Å². The summed E-state index contributed by atoms with van der Waals surface area (Å²) in [5.41, 5.74) is 1.25. The molecule has 180 valence electrons. The molecule has 34 heavy (non-hydrogen) atoms. The lowest BCUT2D eigenvalue weighted by molar-refractivity contribution is -0.136. The number of halogens is 4. The molecule has 0 bridgehead atoms. The summed E-state index contributed by atoms with van der Waals surface area (Å²) in [5.74, 6) is -0.110. The summed E-state index contributed by atoms with van der Waals surface area (Å²) in [6.07, 6.45) is -2.84. The highest BCUT2D eigenvalue weighted by atomic mass is 35.5. The highest BCUT2D eigenvalue weighted by Crippen LogP contribution is 2.43. The minimum atomic E-state index is -4.51. The Morgan fingerprint density at radius 1 is 1.12 bits per heavy atom. The molecule has 0 unspecified atom stereocenters. The molecule has 1 saturated heterocycles. The van der Waals surface area contributed by atoms with Gasteiger partial charge in [-0.15, -0.1) is 0 Å². The molecule has 2 aliphatic rings. The van der Waals surface area contributed by atoms with Crippen LogP contribution in [0, 0.1) is 6.92 Å². The molecule has 1 aromatic carbocycles. The molecule has 1 saturated carbocycles. The molecule has 10 heteroatoms. The Balaban J connectivity index is 1.30. The first-order chi connectivity index (χ1) is 16.2. The Morgan fingerprint density at radius 2 is 1.79 bits per heavy atom. The number of pyridine rings is 1. The minimum absolute atomic E-state index is 0.0162. The predicted molar refractivity (Wildman–Crippen MR) is 123 cm³/mol. The molecular formula is C24H25ClF3N5O. The average Bonchev–Trinajstić information content (AvgIpc) is 3.60. The number of aryl methyl sites for hydroxylation is 1. The van der Waals surface area contributed by atoms with Crippen LogP contribution in [0.2, 0.25) is 5.02 Å². The number of amides is 1. The number of benzene rings is 1. The van der Waals surface area contributed by atoms with Crippen molar-refractivity contribution in [2.24, 2.45) is 0 Å². The van der Waals surface area contributed by atoms with Crippen molar-refractivity contribution in [3.8, 4) is 0 Å². The number of alkyl halides is 3. The normalized spacial score (nSPS) is 17.5. The maximum atomic E-state index is 13.8. The SMILES string of the molecule is Cc1nn(CC(=O)N2CCN(Cc3ccc(Cl)cc3)CC2)c2nc(C3CC3)cc(C(F)(F)F)c12. The van der Waals surface area contributed by atoms with Crippen LogP contribution >= 0.6 is 11.6 Å². The van der Waals surface area contributed by atoms with Gasteiger partial charge in [0.05, 0.1) is 16.6 Å². The smallest absolute Gasteiger partial charge is 0.339 e. The Bertz CT molecular complexity index is 1210. The maximum Gasteiger partial charge on any atom is 0.417 e. The van der Waals surface area contributed by atoms with Crippen LogP contribution in [0.15, 0.2) is 30.3 Å². The highest BCUT2D eigenvalue weighted by molar-refractivity contribution is 6.30. The molecule has 5 rings (SSSR count). The molecule has 3 aromatic rings. The number of aromatic nitrogens is 3. The first-order valence-electron chi connectivity index (χ1n) is 11.4.